The lowest BCUT2D eigenvalue weighted by molar-refractivity contribution is 0.0618. The van der Waals surface area contributed by atoms with E-state index < -0.39 is 0 Å². The van der Waals surface area contributed by atoms with Crippen LogP contribution in [0.25, 0.3) is 0 Å². The molecule has 0 amide bonds. The van der Waals surface area contributed by atoms with Gasteiger partial charge in [0.15, 0.2) is 11.5 Å². The molecule has 0 saturated carbocycles. The Labute approximate surface area is 141 Å². The Kier molecular flexibility index (Phi) is 3.38. The second-order valence-corrected chi connectivity index (χ2v) is 6.52. The predicted molar refractivity (Wildman–Crippen MR) is 91.1 cm³/mol. The largest absolute Gasteiger partial charge is 0.481 e. The fraction of sp³-hybridized carbons (Fsp3) is 0.238. The number of ether oxygens (including phenoxy) is 1. The van der Waals surface area contributed by atoms with Gasteiger partial charge in [-0.1, -0.05) is 48.0 Å². The van der Waals surface area contributed by atoms with Crippen molar-refractivity contribution < 1.29 is 14.3 Å². The van der Waals surface area contributed by atoms with E-state index in [0.717, 1.165) is 11.1 Å². The Morgan fingerprint density at radius 1 is 0.958 bits per heavy atom. The van der Waals surface area contributed by atoms with E-state index in [1.165, 1.54) is 5.56 Å². The summed E-state index contributed by atoms with van der Waals surface area (Å²) in [6, 6.07) is 13.2. The first kappa shape index (κ1) is 14.9. The molecule has 0 N–H and O–H groups in total. The Morgan fingerprint density at radius 2 is 1.67 bits per heavy atom. The van der Waals surface area contributed by atoms with Gasteiger partial charge in [-0.2, -0.15) is 0 Å². The van der Waals surface area contributed by atoms with Gasteiger partial charge < -0.3 is 4.74 Å². The SMILES string of the molecule is Cc1ccc(C2CCC3=C(O2)C(=O)c2ccccc2C3=O)c(C)c1. The van der Waals surface area contributed by atoms with Gasteiger partial charge in [0.05, 0.1) is 0 Å². The molecule has 24 heavy (non-hydrogen) atoms. The third-order valence-electron chi connectivity index (χ3n) is 4.86. The predicted octanol–water partition coefficient (Wildman–Crippen LogP) is 4.49. The van der Waals surface area contributed by atoms with Crippen molar-refractivity contribution >= 4 is 11.6 Å². The molecular formula is C21H18O3. The fourth-order valence-corrected chi connectivity index (χ4v) is 3.64. The van der Waals surface area contributed by atoms with Gasteiger partial charge in [-0.05, 0) is 37.8 Å². The minimum absolute atomic E-state index is 0.0701. The summed E-state index contributed by atoms with van der Waals surface area (Å²) in [6.45, 7) is 4.11. The van der Waals surface area contributed by atoms with Gasteiger partial charge in [-0.25, -0.2) is 0 Å². The topological polar surface area (TPSA) is 43.4 Å². The van der Waals surface area contributed by atoms with E-state index in [1.54, 1.807) is 24.3 Å². The molecule has 2 aliphatic rings. The van der Waals surface area contributed by atoms with Crippen LogP contribution in [0.15, 0.2) is 53.8 Å². The minimum atomic E-state index is -0.175. The Morgan fingerprint density at radius 3 is 2.38 bits per heavy atom. The van der Waals surface area contributed by atoms with E-state index >= 15 is 0 Å². The van der Waals surface area contributed by atoms with Crippen LogP contribution in [0, 0.1) is 13.8 Å². The molecule has 1 aliphatic carbocycles. The molecule has 3 nitrogen and oxygen atoms in total. The Bertz CT molecular complexity index is 905. The second-order valence-electron chi connectivity index (χ2n) is 6.52. The normalized spacial score (nSPS) is 19.7. The van der Waals surface area contributed by atoms with Crippen LogP contribution in [0.3, 0.4) is 0 Å². The number of carbonyl (C=O) groups excluding carboxylic acids is 2. The summed E-state index contributed by atoms with van der Waals surface area (Å²) in [4.78, 5) is 25.4. The van der Waals surface area contributed by atoms with Crippen molar-refractivity contribution in [2.45, 2.75) is 32.8 Å². The number of rotatable bonds is 1. The molecule has 1 unspecified atom stereocenters. The van der Waals surface area contributed by atoms with Gasteiger partial charge in [0.2, 0.25) is 5.78 Å². The van der Waals surface area contributed by atoms with E-state index in [0.29, 0.717) is 29.5 Å². The van der Waals surface area contributed by atoms with Crippen LogP contribution in [-0.2, 0) is 4.74 Å². The van der Waals surface area contributed by atoms with Crippen molar-refractivity contribution in [3.8, 4) is 0 Å². The van der Waals surface area contributed by atoms with Crippen LogP contribution in [0.2, 0.25) is 0 Å². The molecule has 1 heterocycles. The van der Waals surface area contributed by atoms with E-state index in [9.17, 15) is 9.59 Å². The maximum Gasteiger partial charge on any atom is 0.228 e. The first-order chi connectivity index (χ1) is 11.6. The van der Waals surface area contributed by atoms with Gasteiger partial charge in [-0.15, -0.1) is 0 Å². The van der Waals surface area contributed by atoms with Crippen LogP contribution < -0.4 is 0 Å². The zero-order valence-corrected chi connectivity index (χ0v) is 13.8. The number of ketones is 2. The molecule has 0 fully saturated rings. The Hall–Kier alpha value is -2.68. The van der Waals surface area contributed by atoms with Crippen molar-refractivity contribution in [1.82, 2.24) is 0 Å². The van der Waals surface area contributed by atoms with E-state index in [1.807, 2.05) is 0 Å². The fourth-order valence-electron chi connectivity index (χ4n) is 3.64. The number of fused-ring (bicyclic) bond motifs is 1. The van der Waals surface area contributed by atoms with E-state index in [2.05, 4.69) is 32.0 Å². The summed E-state index contributed by atoms with van der Waals surface area (Å²) in [6.07, 6.45) is 1.11. The number of hydrogen-bond donors (Lipinski definition) is 0. The smallest absolute Gasteiger partial charge is 0.228 e. The van der Waals surface area contributed by atoms with Gasteiger partial charge >= 0.3 is 0 Å². The average molecular weight is 318 g/mol. The lowest BCUT2D eigenvalue weighted by Gasteiger charge is -2.31. The molecule has 4 rings (SSSR count). The van der Waals surface area contributed by atoms with Crippen molar-refractivity contribution in [2.75, 3.05) is 0 Å². The van der Waals surface area contributed by atoms with Gasteiger partial charge in [0, 0.05) is 16.7 Å². The monoisotopic (exact) mass is 318 g/mol. The third kappa shape index (κ3) is 2.20. The molecule has 3 heteroatoms. The third-order valence-corrected chi connectivity index (χ3v) is 4.86. The molecular weight excluding hydrogens is 300 g/mol. The molecule has 120 valence electrons. The summed E-state index contributed by atoms with van der Waals surface area (Å²) in [5.74, 6) is 0.00358. The highest BCUT2D eigenvalue weighted by Crippen LogP contribution is 2.40. The van der Waals surface area contributed by atoms with Crippen molar-refractivity contribution in [3.63, 3.8) is 0 Å². The van der Waals surface area contributed by atoms with Crippen molar-refractivity contribution in [3.05, 3.63) is 81.6 Å². The van der Waals surface area contributed by atoms with Gasteiger partial charge in [-0.3, -0.25) is 9.59 Å². The quantitative estimate of drug-likeness (QED) is 0.778. The standard InChI is InChI=1S/C21H18O3/c1-12-7-8-14(13(2)11-12)18-10-9-17-19(22)15-5-3-4-6-16(15)20(23)21(17)24-18/h3-8,11,18H,9-10H2,1-2H3. The van der Waals surface area contributed by atoms with Crippen molar-refractivity contribution in [1.29, 1.82) is 0 Å². The highest BCUT2D eigenvalue weighted by molar-refractivity contribution is 6.26. The molecule has 1 aliphatic heterocycles. The summed E-state index contributed by atoms with van der Waals surface area (Å²) in [7, 11) is 0. The summed E-state index contributed by atoms with van der Waals surface area (Å²) in [5, 5.41) is 0. The molecule has 2 aromatic carbocycles. The van der Waals surface area contributed by atoms with Crippen molar-refractivity contribution in [2.24, 2.45) is 0 Å². The van der Waals surface area contributed by atoms with Crippen LogP contribution in [0.1, 0.15) is 56.4 Å². The van der Waals surface area contributed by atoms with Crippen LogP contribution in [0.4, 0.5) is 0 Å². The van der Waals surface area contributed by atoms with E-state index in [4.69, 9.17) is 4.74 Å². The molecule has 0 bridgehead atoms. The van der Waals surface area contributed by atoms with Gasteiger partial charge in [0.1, 0.15) is 6.10 Å². The number of aryl methyl sites for hydroxylation is 2. The lowest BCUT2D eigenvalue weighted by Crippen LogP contribution is -2.28. The number of benzene rings is 2. The first-order valence-electron chi connectivity index (χ1n) is 8.21. The first-order valence-corrected chi connectivity index (χ1v) is 8.21. The molecule has 0 radical (unpaired) electrons. The summed E-state index contributed by atoms with van der Waals surface area (Å²) in [5.41, 5.74) is 4.91. The van der Waals surface area contributed by atoms with Crippen LogP contribution >= 0.6 is 0 Å². The van der Waals surface area contributed by atoms with Crippen LogP contribution in [-0.4, -0.2) is 11.6 Å². The molecule has 0 saturated heterocycles. The lowest BCUT2D eigenvalue weighted by atomic mass is 9.83. The van der Waals surface area contributed by atoms with Gasteiger partial charge in [0.25, 0.3) is 0 Å². The van der Waals surface area contributed by atoms with E-state index in [-0.39, 0.29) is 23.4 Å². The zero-order chi connectivity index (χ0) is 16.8. The minimum Gasteiger partial charge on any atom is -0.481 e. The Balaban J connectivity index is 1.73. The molecule has 2 aromatic rings. The number of allylic oxidation sites excluding steroid dienone is 2. The highest BCUT2D eigenvalue weighted by atomic mass is 16.5. The zero-order valence-electron chi connectivity index (χ0n) is 13.8. The highest BCUT2D eigenvalue weighted by Gasteiger charge is 2.37. The van der Waals surface area contributed by atoms with Crippen LogP contribution in [0.5, 0.6) is 0 Å². The number of Topliss-reactive ketones (excluding diaryl/α,β-unsaturated/α-hetero) is 2. The number of hydrogen-bond acceptors (Lipinski definition) is 3. The maximum atomic E-state index is 12.8. The summed E-state index contributed by atoms with van der Waals surface area (Å²) < 4.78 is 6.05. The molecule has 0 spiro atoms. The second kappa shape index (κ2) is 5.45. The summed E-state index contributed by atoms with van der Waals surface area (Å²) >= 11 is 0. The molecule has 1 atom stereocenters. The molecule has 0 aromatic heterocycles. The average Bonchev–Trinajstić information content (AvgIpc) is 2.59. The maximum absolute atomic E-state index is 12.8. The number of carbonyl (C=O) groups is 2.